The lowest BCUT2D eigenvalue weighted by Crippen LogP contribution is -2.13. The third kappa shape index (κ3) is 1.92. The fourth-order valence-corrected chi connectivity index (χ4v) is 1.48. The zero-order valence-corrected chi connectivity index (χ0v) is 8.45. The van der Waals surface area contributed by atoms with Crippen LogP contribution < -0.4 is 10.5 Å². The van der Waals surface area contributed by atoms with Crippen molar-refractivity contribution in [3.63, 3.8) is 0 Å². The third-order valence-electron chi connectivity index (χ3n) is 1.88. The van der Waals surface area contributed by atoms with Crippen molar-refractivity contribution in [3.8, 4) is 11.5 Å². The maximum absolute atomic E-state index is 9.55. The molecule has 0 fully saturated rings. The lowest BCUT2D eigenvalue weighted by atomic mass is 10.1. The van der Waals surface area contributed by atoms with Gasteiger partial charge in [0.1, 0.15) is 0 Å². The van der Waals surface area contributed by atoms with Gasteiger partial charge in [-0.3, -0.25) is 0 Å². The molecule has 78 valence electrons. The third-order valence-corrected chi connectivity index (χ3v) is 2.21. The molecule has 0 bridgehead atoms. The van der Waals surface area contributed by atoms with E-state index in [2.05, 4.69) is 0 Å². The van der Waals surface area contributed by atoms with Crippen molar-refractivity contribution in [3.05, 3.63) is 22.7 Å². The molecule has 0 amide bonds. The summed E-state index contributed by atoms with van der Waals surface area (Å²) in [5.74, 6) is 0.0925. The van der Waals surface area contributed by atoms with Gasteiger partial charge in [0.05, 0.1) is 18.2 Å². The molecule has 0 saturated heterocycles. The summed E-state index contributed by atoms with van der Waals surface area (Å²) in [6, 6.07) is 2.88. The van der Waals surface area contributed by atoms with E-state index in [1.54, 1.807) is 0 Å². The second-order valence-corrected chi connectivity index (χ2v) is 3.17. The Labute approximate surface area is 86.9 Å². The van der Waals surface area contributed by atoms with Crippen LogP contribution in [0, 0.1) is 0 Å². The van der Waals surface area contributed by atoms with Crippen LogP contribution in [-0.4, -0.2) is 23.9 Å². The fraction of sp³-hybridized carbons (Fsp3) is 0.333. The number of phenolic OH excluding ortho intramolecular Hbond substituents is 1. The maximum Gasteiger partial charge on any atom is 0.167 e. The van der Waals surface area contributed by atoms with Gasteiger partial charge < -0.3 is 20.7 Å². The molecule has 0 heterocycles. The number of halogens is 1. The molecule has 0 aliphatic carbocycles. The smallest absolute Gasteiger partial charge is 0.167 e. The number of ether oxygens (including phenoxy) is 1. The summed E-state index contributed by atoms with van der Waals surface area (Å²) in [4.78, 5) is 0. The molecule has 0 radical (unpaired) electrons. The predicted octanol–water partition coefficient (Wildman–Crippen LogP) is 1.05. The molecule has 1 aromatic carbocycles. The number of rotatable bonds is 3. The molecular weight excluding hydrogens is 206 g/mol. The van der Waals surface area contributed by atoms with Crippen molar-refractivity contribution in [2.24, 2.45) is 5.73 Å². The van der Waals surface area contributed by atoms with Crippen molar-refractivity contribution in [1.29, 1.82) is 0 Å². The van der Waals surface area contributed by atoms with Crippen LogP contribution >= 0.6 is 11.6 Å². The monoisotopic (exact) mass is 217 g/mol. The highest BCUT2D eigenvalue weighted by Gasteiger charge is 2.18. The number of benzene rings is 1. The Morgan fingerprint density at radius 1 is 1.57 bits per heavy atom. The van der Waals surface area contributed by atoms with E-state index in [-0.39, 0.29) is 18.0 Å². The van der Waals surface area contributed by atoms with Crippen molar-refractivity contribution < 1.29 is 14.9 Å². The number of aromatic hydroxyl groups is 1. The minimum absolute atomic E-state index is 0.0134. The Bertz CT molecular complexity index is 330. The number of hydrogen-bond donors (Lipinski definition) is 3. The standard InChI is InChI=1S/C9H12ClNO3/c1-14-9-6(12)3-2-5(10)8(9)7(13)4-11/h2-3,7,12-13H,4,11H2,1H3. The van der Waals surface area contributed by atoms with E-state index >= 15 is 0 Å². The first-order chi connectivity index (χ1) is 6.61. The molecule has 0 aliphatic heterocycles. The summed E-state index contributed by atoms with van der Waals surface area (Å²) in [7, 11) is 1.39. The lowest BCUT2D eigenvalue weighted by molar-refractivity contribution is 0.181. The molecule has 0 spiro atoms. The molecule has 0 saturated carbocycles. The van der Waals surface area contributed by atoms with E-state index in [4.69, 9.17) is 22.1 Å². The van der Waals surface area contributed by atoms with Crippen LogP contribution in [0.3, 0.4) is 0 Å². The SMILES string of the molecule is COc1c(O)ccc(Cl)c1C(O)CN. The highest BCUT2D eigenvalue weighted by atomic mass is 35.5. The zero-order chi connectivity index (χ0) is 10.7. The van der Waals surface area contributed by atoms with Crippen LogP contribution in [0.5, 0.6) is 11.5 Å². The van der Waals surface area contributed by atoms with Crippen LogP contribution in [0.1, 0.15) is 11.7 Å². The first kappa shape index (κ1) is 11.1. The number of aliphatic hydroxyl groups excluding tert-OH is 1. The average molecular weight is 218 g/mol. The van der Waals surface area contributed by atoms with Gasteiger partial charge in [0, 0.05) is 12.1 Å². The number of methoxy groups -OCH3 is 1. The molecular formula is C9H12ClNO3. The van der Waals surface area contributed by atoms with Crippen molar-refractivity contribution >= 4 is 11.6 Å². The fourth-order valence-electron chi connectivity index (χ4n) is 1.21. The normalized spacial score (nSPS) is 12.6. The molecule has 0 aromatic heterocycles. The van der Waals surface area contributed by atoms with E-state index in [1.807, 2.05) is 0 Å². The quantitative estimate of drug-likeness (QED) is 0.707. The molecule has 4 nitrogen and oxygen atoms in total. The second kappa shape index (κ2) is 4.50. The van der Waals surface area contributed by atoms with Gasteiger partial charge in [-0.1, -0.05) is 11.6 Å². The molecule has 14 heavy (non-hydrogen) atoms. The summed E-state index contributed by atoms with van der Waals surface area (Å²) in [5, 5.41) is 19.3. The summed E-state index contributed by atoms with van der Waals surface area (Å²) in [6.07, 6.45) is -0.940. The Morgan fingerprint density at radius 3 is 2.71 bits per heavy atom. The summed E-state index contributed by atoms with van der Waals surface area (Å²) in [6.45, 7) is 0.0134. The van der Waals surface area contributed by atoms with Gasteiger partial charge in [-0.05, 0) is 12.1 Å². The van der Waals surface area contributed by atoms with Crippen LogP contribution in [0.25, 0.3) is 0 Å². The first-order valence-corrected chi connectivity index (χ1v) is 4.43. The van der Waals surface area contributed by atoms with E-state index < -0.39 is 6.10 Å². The summed E-state index contributed by atoms with van der Waals surface area (Å²) in [5.41, 5.74) is 5.62. The van der Waals surface area contributed by atoms with Gasteiger partial charge in [0.2, 0.25) is 0 Å². The van der Waals surface area contributed by atoms with Crippen LogP contribution in [0.15, 0.2) is 12.1 Å². The van der Waals surface area contributed by atoms with E-state index in [9.17, 15) is 10.2 Å². The number of aliphatic hydroxyl groups is 1. The van der Waals surface area contributed by atoms with Crippen LogP contribution in [0.4, 0.5) is 0 Å². The molecule has 0 aliphatic rings. The zero-order valence-electron chi connectivity index (χ0n) is 7.70. The predicted molar refractivity (Wildman–Crippen MR) is 53.7 cm³/mol. The van der Waals surface area contributed by atoms with Gasteiger partial charge in [0.25, 0.3) is 0 Å². The minimum atomic E-state index is -0.940. The molecule has 1 aromatic rings. The number of phenols is 1. The molecule has 5 heteroatoms. The largest absolute Gasteiger partial charge is 0.504 e. The van der Waals surface area contributed by atoms with E-state index in [1.165, 1.54) is 19.2 Å². The van der Waals surface area contributed by atoms with Crippen molar-refractivity contribution in [2.45, 2.75) is 6.10 Å². The lowest BCUT2D eigenvalue weighted by Gasteiger charge is -2.15. The van der Waals surface area contributed by atoms with Gasteiger partial charge >= 0.3 is 0 Å². The van der Waals surface area contributed by atoms with Gasteiger partial charge in [0.15, 0.2) is 11.5 Å². The Morgan fingerprint density at radius 2 is 2.21 bits per heavy atom. The number of hydrogen-bond acceptors (Lipinski definition) is 4. The van der Waals surface area contributed by atoms with E-state index in [0.29, 0.717) is 10.6 Å². The van der Waals surface area contributed by atoms with Crippen molar-refractivity contribution in [1.82, 2.24) is 0 Å². The van der Waals surface area contributed by atoms with E-state index in [0.717, 1.165) is 0 Å². The van der Waals surface area contributed by atoms with Gasteiger partial charge in [-0.2, -0.15) is 0 Å². The molecule has 1 unspecified atom stereocenters. The molecule has 1 rings (SSSR count). The Balaban J connectivity index is 3.29. The highest BCUT2D eigenvalue weighted by molar-refractivity contribution is 6.31. The maximum atomic E-state index is 9.55. The van der Waals surface area contributed by atoms with Gasteiger partial charge in [-0.15, -0.1) is 0 Å². The Hall–Kier alpha value is -0.970. The molecule has 4 N–H and O–H groups in total. The first-order valence-electron chi connectivity index (χ1n) is 4.05. The number of nitrogens with two attached hydrogens (primary N) is 1. The molecule has 1 atom stereocenters. The minimum Gasteiger partial charge on any atom is -0.504 e. The summed E-state index contributed by atoms with van der Waals surface area (Å²) < 4.78 is 4.93. The summed E-state index contributed by atoms with van der Waals surface area (Å²) >= 11 is 5.85. The highest BCUT2D eigenvalue weighted by Crippen LogP contribution is 2.38. The van der Waals surface area contributed by atoms with Crippen LogP contribution in [-0.2, 0) is 0 Å². The van der Waals surface area contributed by atoms with Gasteiger partial charge in [-0.25, -0.2) is 0 Å². The van der Waals surface area contributed by atoms with Crippen LogP contribution in [0.2, 0.25) is 5.02 Å². The Kier molecular flexibility index (Phi) is 3.57. The average Bonchev–Trinajstić information content (AvgIpc) is 2.19. The topological polar surface area (TPSA) is 75.7 Å². The second-order valence-electron chi connectivity index (χ2n) is 2.76. The van der Waals surface area contributed by atoms with Crippen molar-refractivity contribution in [2.75, 3.05) is 13.7 Å².